The Bertz CT molecular complexity index is 1360. The normalized spacial score (nSPS) is 10.8. The van der Waals surface area contributed by atoms with Crippen molar-refractivity contribution in [3.8, 4) is 28.0 Å². The number of benzene rings is 1. The van der Waals surface area contributed by atoms with Crippen molar-refractivity contribution < 1.29 is 14.3 Å². The standard InChI is InChI=1S/C25H27N5O4S/c1-4-8-17-14-23(31)28-25(26-17)30-22(15-18(29-30)21-9-7-12-35-21)27-24(32)16-10-11-19(33-5-2)20(13-16)34-6-3/h7,9-15H,4-6,8H2,1-3H3,(H,27,32)(H,26,28,31). The third-order valence-corrected chi connectivity index (χ3v) is 5.91. The molecule has 1 amide bonds. The van der Waals surface area contributed by atoms with Crippen LogP contribution in [0.4, 0.5) is 5.82 Å². The van der Waals surface area contributed by atoms with Crippen LogP contribution in [0.25, 0.3) is 16.5 Å². The number of aryl methyl sites for hydroxylation is 1. The second-order valence-electron chi connectivity index (χ2n) is 7.60. The lowest BCUT2D eigenvalue weighted by molar-refractivity contribution is 0.102. The summed E-state index contributed by atoms with van der Waals surface area (Å²) in [6.07, 6.45) is 1.50. The summed E-state index contributed by atoms with van der Waals surface area (Å²) in [5.74, 6) is 1.32. The minimum Gasteiger partial charge on any atom is -0.490 e. The Labute approximate surface area is 206 Å². The van der Waals surface area contributed by atoms with Gasteiger partial charge in [-0.25, -0.2) is 4.98 Å². The van der Waals surface area contributed by atoms with Gasteiger partial charge in [-0.1, -0.05) is 19.4 Å². The highest BCUT2D eigenvalue weighted by Crippen LogP contribution is 2.30. The third-order valence-electron chi connectivity index (χ3n) is 5.02. The Hall–Kier alpha value is -3.92. The lowest BCUT2D eigenvalue weighted by atomic mass is 10.2. The van der Waals surface area contributed by atoms with E-state index in [4.69, 9.17) is 9.47 Å². The Morgan fingerprint density at radius 1 is 1.09 bits per heavy atom. The highest BCUT2D eigenvalue weighted by molar-refractivity contribution is 7.13. The van der Waals surface area contributed by atoms with Crippen molar-refractivity contribution in [3.63, 3.8) is 0 Å². The highest BCUT2D eigenvalue weighted by atomic mass is 32.1. The summed E-state index contributed by atoms with van der Waals surface area (Å²) < 4.78 is 12.7. The van der Waals surface area contributed by atoms with Gasteiger partial charge >= 0.3 is 0 Å². The molecule has 0 bridgehead atoms. The van der Waals surface area contributed by atoms with Crippen LogP contribution in [0.15, 0.2) is 52.6 Å². The molecule has 4 rings (SSSR count). The van der Waals surface area contributed by atoms with E-state index >= 15 is 0 Å². The zero-order valence-electron chi connectivity index (χ0n) is 19.8. The van der Waals surface area contributed by atoms with Crippen LogP contribution in [0, 0.1) is 0 Å². The Kier molecular flexibility index (Phi) is 7.61. The Morgan fingerprint density at radius 3 is 2.60 bits per heavy atom. The summed E-state index contributed by atoms with van der Waals surface area (Å²) in [7, 11) is 0. The molecule has 0 aliphatic heterocycles. The number of H-pyrrole nitrogens is 1. The first-order valence-corrected chi connectivity index (χ1v) is 12.4. The predicted molar refractivity (Wildman–Crippen MR) is 136 cm³/mol. The van der Waals surface area contributed by atoms with Crippen LogP contribution in [0.5, 0.6) is 11.5 Å². The maximum Gasteiger partial charge on any atom is 0.256 e. The van der Waals surface area contributed by atoms with Crippen molar-refractivity contribution in [1.29, 1.82) is 0 Å². The van der Waals surface area contributed by atoms with Gasteiger partial charge in [-0.2, -0.15) is 9.78 Å². The molecule has 0 saturated heterocycles. The van der Waals surface area contributed by atoms with E-state index < -0.39 is 0 Å². The van der Waals surface area contributed by atoms with Gasteiger partial charge in [-0.05, 0) is 49.9 Å². The molecule has 35 heavy (non-hydrogen) atoms. The van der Waals surface area contributed by atoms with E-state index in [1.54, 1.807) is 24.3 Å². The molecule has 0 saturated carbocycles. The molecule has 3 aromatic heterocycles. The molecule has 0 radical (unpaired) electrons. The van der Waals surface area contributed by atoms with Crippen molar-refractivity contribution in [3.05, 3.63) is 69.5 Å². The number of nitrogens with zero attached hydrogens (tertiary/aromatic N) is 3. The molecule has 1 aromatic carbocycles. The van der Waals surface area contributed by atoms with Crippen LogP contribution < -0.4 is 20.3 Å². The van der Waals surface area contributed by atoms with E-state index in [0.29, 0.717) is 53.9 Å². The zero-order chi connectivity index (χ0) is 24.8. The summed E-state index contributed by atoms with van der Waals surface area (Å²) in [6.45, 7) is 6.70. The fourth-order valence-corrected chi connectivity index (χ4v) is 4.22. The van der Waals surface area contributed by atoms with Crippen LogP contribution >= 0.6 is 11.3 Å². The van der Waals surface area contributed by atoms with Gasteiger partial charge in [-0.3, -0.25) is 14.6 Å². The summed E-state index contributed by atoms with van der Waals surface area (Å²) >= 11 is 1.53. The van der Waals surface area contributed by atoms with E-state index in [9.17, 15) is 9.59 Å². The van der Waals surface area contributed by atoms with Crippen molar-refractivity contribution in [2.45, 2.75) is 33.6 Å². The van der Waals surface area contributed by atoms with Crippen LogP contribution in [0.2, 0.25) is 0 Å². The summed E-state index contributed by atoms with van der Waals surface area (Å²) in [6, 6.07) is 12.1. The predicted octanol–water partition coefficient (Wildman–Crippen LogP) is 4.69. The minimum absolute atomic E-state index is 0.237. The maximum atomic E-state index is 13.2. The molecule has 182 valence electrons. The number of hydrogen-bond acceptors (Lipinski definition) is 7. The number of amides is 1. The first-order chi connectivity index (χ1) is 17.0. The zero-order valence-corrected chi connectivity index (χ0v) is 20.6. The summed E-state index contributed by atoms with van der Waals surface area (Å²) in [4.78, 5) is 33.7. The number of carbonyl (C=O) groups is 1. The second kappa shape index (κ2) is 11.0. The number of rotatable bonds is 10. The van der Waals surface area contributed by atoms with E-state index in [2.05, 4.69) is 20.4 Å². The van der Waals surface area contributed by atoms with Gasteiger partial charge in [0.05, 0.1) is 18.1 Å². The van der Waals surface area contributed by atoms with E-state index in [-0.39, 0.29) is 17.4 Å². The molecule has 2 N–H and O–H groups in total. The fourth-order valence-electron chi connectivity index (χ4n) is 3.54. The number of aromatic amines is 1. The highest BCUT2D eigenvalue weighted by Gasteiger charge is 2.18. The van der Waals surface area contributed by atoms with Gasteiger partial charge in [0, 0.05) is 23.4 Å². The van der Waals surface area contributed by atoms with Gasteiger partial charge < -0.3 is 14.8 Å². The third kappa shape index (κ3) is 5.60. The Morgan fingerprint density at radius 2 is 1.89 bits per heavy atom. The molecular weight excluding hydrogens is 466 g/mol. The van der Waals surface area contributed by atoms with Gasteiger partial charge in [0.25, 0.3) is 11.5 Å². The molecule has 0 unspecified atom stereocenters. The number of nitrogens with one attached hydrogen (secondary N) is 2. The topological polar surface area (TPSA) is 111 Å². The number of aromatic nitrogens is 4. The van der Waals surface area contributed by atoms with Gasteiger partial charge in [0.15, 0.2) is 11.5 Å². The van der Waals surface area contributed by atoms with Crippen molar-refractivity contribution >= 4 is 23.1 Å². The SMILES string of the molecule is CCCc1cc(=O)[nH]c(-n2nc(-c3cccs3)cc2NC(=O)c2ccc(OCC)c(OCC)c2)n1. The van der Waals surface area contributed by atoms with Crippen molar-refractivity contribution in [2.75, 3.05) is 18.5 Å². The van der Waals surface area contributed by atoms with E-state index in [0.717, 1.165) is 11.3 Å². The molecule has 0 aliphatic rings. The van der Waals surface area contributed by atoms with E-state index in [1.165, 1.54) is 22.1 Å². The molecule has 0 atom stereocenters. The van der Waals surface area contributed by atoms with Gasteiger partial charge in [0.2, 0.25) is 5.95 Å². The monoisotopic (exact) mass is 493 g/mol. The van der Waals surface area contributed by atoms with Gasteiger partial charge in [-0.15, -0.1) is 11.3 Å². The smallest absolute Gasteiger partial charge is 0.256 e. The minimum atomic E-state index is -0.361. The average Bonchev–Trinajstić information content (AvgIpc) is 3.50. The lowest BCUT2D eigenvalue weighted by Crippen LogP contribution is -2.19. The van der Waals surface area contributed by atoms with Crippen LogP contribution in [0.1, 0.15) is 43.2 Å². The molecule has 0 spiro atoms. The number of anilines is 1. The summed E-state index contributed by atoms with van der Waals surface area (Å²) in [5.41, 5.74) is 1.42. The molecule has 9 nitrogen and oxygen atoms in total. The molecule has 4 aromatic rings. The van der Waals surface area contributed by atoms with Crippen LogP contribution in [0.3, 0.4) is 0 Å². The van der Waals surface area contributed by atoms with Gasteiger partial charge in [0.1, 0.15) is 11.5 Å². The number of hydrogen-bond donors (Lipinski definition) is 2. The fraction of sp³-hybridized carbons (Fsp3) is 0.280. The quantitative estimate of drug-likeness (QED) is 0.332. The number of ether oxygens (including phenoxy) is 2. The van der Waals surface area contributed by atoms with Crippen LogP contribution in [-0.2, 0) is 6.42 Å². The number of carbonyl (C=O) groups excluding carboxylic acids is 1. The second-order valence-corrected chi connectivity index (χ2v) is 8.54. The Balaban J connectivity index is 1.72. The molecular formula is C25H27N5O4S. The van der Waals surface area contributed by atoms with Crippen molar-refractivity contribution in [2.24, 2.45) is 0 Å². The average molecular weight is 494 g/mol. The maximum absolute atomic E-state index is 13.2. The molecule has 3 heterocycles. The van der Waals surface area contributed by atoms with Crippen molar-refractivity contribution in [1.82, 2.24) is 19.7 Å². The first kappa shape index (κ1) is 24.2. The lowest BCUT2D eigenvalue weighted by Gasteiger charge is -2.13. The van der Waals surface area contributed by atoms with Crippen LogP contribution in [-0.4, -0.2) is 38.9 Å². The molecule has 10 heteroatoms. The summed E-state index contributed by atoms with van der Waals surface area (Å²) in [5, 5.41) is 9.49. The molecule has 0 fully saturated rings. The first-order valence-electron chi connectivity index (χ1n) is 11.5. The van der Waals surface area contributed by atoms with E-state index in [1.807, 2.05) is 38.3 Å². The number of thiophene rings is 1. The molecule has 0 aliphatic carbocycles. The largest absolute Gasteiger partial charge is 0.490 e.